The quantitative estimate of drug-likeness (QED) is 0.253. The number of aromatic nitrogens is 4. The zero-order valence-corrected chi connectivity index (χ0v) is 21.9. The van der Waals surface area contributed by atoms with Gasteiger partial charge in [0, 0.05) is 6.54 Å². The van der Waals surface area contributed by atoms with E-state index in [1.165, 1.54) is 23.0 Å². The highest BCUT2D eigenvalue weighted by atomic mass is 19.4. The molecule has 0 unspecified atom stereocenters. The lowest BCUT2D eigenvalue weighted by molar-refractivity contribution is -0.137. The van der Waals surface area contributed by atoms with Crippen molar-refractivity contribution in [1.82, 2.24) is 18.7 Å². The maximum Gasteiger partial charge on any atom is 0.416 e. The molecule has 0 N–H and O–H groups in total. The molecule has 2 heterocycles. The van der Waals surface area contributed by atoms with Crippen LogP contribution in [0.3, 0.4) is 0 Å². The molecule has 7 nitrogen and oxygen atoms in total. The SMILES string of the molecule is CC(C)c1ccc(-n2c(=O)n(CCOc3ccccc3)c(=O)c3c2ncn3Cc2ccc(C(F)(F)F)cc2)cc1. The minimum Gasteiger partial charge on any atom is -0.492 e. The first kappa shape index (κ1) is 27.0. The Balaban J connectivity index is 1.59. The fourth-order valence-electron chi connectivity index (χ4n) is 4.51. The van der Waals surface area contributed by atoms with Crippen molar-refractivity contribution in [2.75, 3.05) is 6.61 Å². The highest BCUT2D eigenvalue weighted by molar-refractivity contribution is 5.72. The third-order valence-corrected chi connectivity index (χ3v) is 6.68. The number of alkyl halides is 3. The number of para-hydroxylation sites is 1. The Morgan fingerprint density at radius 2 is 1.57 bits per heavy atom. The Bertz CT molecular complexity index is 1740. The Hall–Kier alpha value is -4.60. The standard InChI is InChI=1S/C30H27F3N4O3/c1-20(2)22-10-14-24(15-11-22)37-27-26(28(38)36(29(37)39)16-17-40-25-6-4-3-5-7-25)35(19-34-27)18-21-8-12-23(13-9-21)30(31,32)33/h3-15,19-20H,16-18H2,1-2H3. The number of fused-ring (bicyclic) bond motifs is 1. The van der Waals surface area contributed by atoms with Crippen molar-refractivity contribution in [3.63, 3.8) is 0 Å². The molecular weight excluding hydrogens is 521 g/mol. The van der Waals surface area contributed by atoms with Gasteiger partial charge in [-0.15, -0.1) is 0 Å². The molecule has 0 aliphatic heterocycles. The number of nitrogens with zero attached hydrogens (tertiary/aromatic N) is 4. The highest BCUT2D eigenvalue weighted by Crippen LogP contribution is 2.29. The number of benzene rings is 3. The smallest absolute Gasteiger partial charge is 0.416 e. The summed E-state index contributed by atoms with van der Waals surface area (Å²) >= 11 is 0. The normalized spacial score (nSPS) is 11.8. The summed E-state index contributed by atoms with van der Waals surface area (Å²) in [7, 11) is 0. The van der Waals surface area contributed by atoms with Crippen molar-refractivity contribution < 1.29 is 17.9 Å². The lowest BCUT2D eigenvalue weighted by atomic mass is 10.0. The number of imidazole rings is 1. The largest absolute Gasteiger partial charge is 0.492 e. The monoisotopic (exact) mass is 548 g/mol. The average molecular weight is 549 g/mol. The Morgan fingerprint density at radius 3 is 2.20 bits per heavy atom. The molecular formula is C30H27F3N4O3. The molecule has 10 heteroatoms. The fraction of sp³-hybridized carbons (Fsp3) is 0.233. The van der Waals surface area contributed by atoms with Gasteiger partial charge in [-0.1, -0.05) is 56.3 Å². The molecule has 0 radical (unpaired) electrons. The first-order valence-corrected chi connectivity index (χ1v) is 12.8. The molecule has 40 heavy (non-hydrogen) atoms. The number of rotatable bonds is 8. The summed E-state index contributed by atoms with van der Waals surface area (Å²) in [4.78, 5) is 31.7. The number of ether oxygens (including phenoxy) is 1. The van der Waals surface area contributed by atoms with Crippen LogP contribution in [0.5, 0.6) is 5.75 Å². The van der Waals surface area contributed by atoms with Crippen LogP contribution in [-0.2, 0) is 19.3 Å². The summed E-state index contributed by atoms with van der Waals surface area (Å²) < 4.78 is 48.8. The zero-order chi connectivity index (χ0) is 28.4. The molecule has 0 saturated carbocycles. The molecule has 0 atom stereocenters. The Kier molecular flexibility index (Phi) is 7.34. The molecule has 5 rings (SSSR count). The first-order chi connectivity index (χ1) is 19.1. The van der Waals surface area contributed by atoms with Gasteiger partial charge >= 0.3 is 11.9 Å². The first-order valence-electron chi connectivity index (χ1n) is 12.8. The lowest BCUT2D eigenvalue weighted by Crippen LogP contribution is -2.41. The predicted molar refractivity (Wildman–Crippen MR) is 146 cm³/mol. The van der Waals surface area contributed by atoms with E-state index in [1.807, 2.05) is 30.3 Å². The van der Waals surface area contributed by atoms with Gasteiger partial charge in [0.05, 0.1) is 24.1 Å². The van der Waals surface area contributed by atoms with Crippen LogP contribution in [0.4, 0.5) is 13.2 Å². The zero-order valence-electron chi connectivity index (χ0n) is 21.9. The van der Waals surface area contributed by atoms with Gasteiger partial charge in [-0.2, -0.15) is 13.2 Å². The molecule has 2 aromatic heterocycles. The molecule has 5 aromatic rings. The summed E-state index contributed by atoms with van der Waals surface area (Å²) in [6.45, 7) is 4.28. The van der Waals surface area contributed by atoms with Gasteiger partial charge in [-0.05, 0) is 53.4 Å². The molecule has 0 aliphatic carbocycles. The molecule has 0 saturated heterocycles. The maximum absolute atomic E-state index is 13.7. The highest BCUT2D eigenvalue weighted by Gasteiger charge is 2.30. The van der Waals surface area contributed by atoms with Crippen LogP contribution in [0.25, 0.3) is 16.9 Å². The van der Waals surface area contributed by atoms with E-state index in [0.29, 0.717) is 17.0 Å². The third-order valence-electron chi connectivity index (χ3n) is 6.68. The third kappa shape index (κ3) is 5.42. The number of halogens is 3. The minimum atomic E-state index is -4.45. The van der Waals surface area contributed by atoms with Gasteiger partial charge < -0.3 is 9.30 Å². The molecule has 0 fully saturated rings. The van der Waals surface area contributed by atoms with Crippen LogP contribution >= 0.6 is 0 Å². The van der Waals surface area contributed by atoms with E-state index in [2.05, 4.69) is 18.8 Å². The predicted octanol–water partition coefficient (Wildman–Crippen LogP) is 5.62. The second-order valence-electron chi connectivity index (χ2n) is 9.72. The van der Waals surface area contributed by atoms with Gasteiger partial charge in [0.25, 0.3) is 5.56 Å². The van der Waals surface area contributed by atoms with Crippen molar-refractivity contribution in [2.24, 2.45) is 0 Å². The minimum absolute atomic E-state index is 0.0158. The van der Waals surface area contributed by atoms with Crippen LogP contribution in [0, 0.1) is 0 Å². The molecule has 0 aliphatic rings. The molecule has 0 spiro atoms. The lowest BCUT2D eigenvalue weighted by Gasteiger charge is -2.14. The Labute approximate surface area is 227 Å². The summed E-state index contributed by atoms with van der Waals surface area (Å²) in [5.41, 5.74) is 0.618. The molecule has 0 bridgehead atoms. The second-order valence-corrected chi connectivity index (χ2v) is 9.72. The molecule has 0 amide bonds. The van der Waals surface area contributed by atoms with Crippen molar-refractivity contribution in [3.8, 4) is 11.4 Å². The van der Waals surface area contributed by atoms with Gasteiger partial charge in [0.1, 0.15) is 12.4 Å². The van der Waals surface area contributed by atoms with Crippen LogP contribution in [-0.4, -0.2) is 25.3 Å². The topological polar surface area (TPSA) is 71.1 Å². The van der Waals surface area contributed by atoms with Crippen molar-refractivity contribution in [3.05, 3.63) is 123 Å². The summed E-state index contributed by atoms with van der Waals surface area (Å²) in [6, 6.07) is 21.2. The van der Waals surface area contributed by atoms with E-state index in [1.54, 1.807) is 28.8 Å². The van der Waals surface area contributed by atoms with E-state index in [9.17, 15) is 22.8 Å². The van der Waals surface area contributed by atoms with E-state index in [4.69, 9.17) is 4.74 Å². The number of hydrogen-bond acceptors (Lipinski definition) is 4. The van der Waals surface area contributed by atoms with E-state index in [0.717, 1.165) is 22.3 Å². The van der Waals surface area contributed by atoms with E-state index >= 15 is 0 Å². The van der Waals surface area contributed by atoms with Gasteiger partial charge in [0.15, 0.2) is 11.2 Å². The molecule has 206 valence electrons. The van der Waals surface area contributed by atoms with Crippen LogP contribution < -0.4 is 16.0 Å². The van der Waals surface area contributed by atoms with Gasteiger partial charge in [-0.3, -0.25) is 9.36 Å². The van der Waals surface area contributed by atoms with Crippen LogP contribution in [0.2, 0.25) is 0 Å². The maximum atomic E-state index is 13.7. The van der Waals surface area contributed by atoms with E-state index < -0.39 is 23.0 Å². The van der Waals surface area contributed by atoms with E-state index in [-0.39, 0.29) is 36.8 Å². The van der Waals surface area contributed by atoms with Crippen LogP contribution in [0.15, 0.2) is 94.8 Å². The summed E-state index contributed by atoms with van der Waals surface area (Å²) in [5.74, 6) is 0.895. The van der Waals surface area contributed by atoms with Gasteiger partial charge in [0.2, 0.25) is 0 Å². The average Bonchev–Trinajstić information content (AvgIpc) is 3.34. The van der Waals surface area contributed by atoms with Crippen molar-refractivity contribution in [2.45, 2.75) is 39.0 Å². The van der Waals surface area contributed by atoms with Gasteiger partial charge in [-0.25, -0.2) is 14.3 Å². The molecule has 3 aromatic carbocycles. The summed E-state index contributed by atoms with van der Waals surface area (Å²) in [6.07, 6.45) is -3.02. The fourth-order valence-corrected chi connectivity index (χ4v) is 4.51. The number of hydrogen-bond donors (Lipinski definition) is 0. The van der Waals surface area contributed by atoms with Crippen LogP contribution in [0.1, 0.15) is 36.5 Å². The summed E-state index contributed by atoms with van der Waals surface area (Å²) in [5, 5.41) is 0. The Morgan fingerprint density at radius 1 is 0.900 bits per heavy atom. The second kappa shape index (κ2) is 10.9. The van der Waals surface area contributed by atoms with Crippen molar-refractivity contribution >= 4 is 11.2 Å². The van der Waals surface area contributed by atoms with Crippen molar-refractivity contribution in [1.29, 1.82) is 0 Å².